The highest BCUT2D eigenvalue weighted by atomic mass is 32.2. The van der Waals surface area contributed by atoms with Crippen LogP contribution in [0.2, 0.25) is 0 Å². The number of halogens is 2. The zero-order valence-electron chi connectivity index (χ0n) is 22.2. The van der Waals surface area contributed by atoms with Crippen molar-refractivity contribution in [2.75, 3.05) is 37.5 Å². The van der Waals surface area contributed by atoms with Crippen molar-refractivity contribution in [2.45, 2.75) is 12.5 Å². The first-order valence-corrected chi connectivity index (χ1v) is 14.6. The van der Waals surface area contributed by atoms with Crippen LogP contribution in [-0.4, -0.2) is 69.5 Å². The monoisotopic (exact) mass is 583 g/mol. The molecule has 0 radical (unpaired) electrons. The van der Waals surface area contributed by atoms with E-state index >= 15 is 0 Å². The highest BCUT2D eigenvalue weighted by Gasteiger charge is 2.29. The smallest absolute Gasteiger partial charge is 0.255 e. The Labute approximate surface area is 235 Å². The van der Waals surface area contributed by atoms with Gasteiger partial charge in [0, 0.05) is 48.3 Å². The van der Waals surface area contributed by atoms with Crippen molar-refractivity contribution in [3.63, 3.8) is 0 Å². The van der Waals surface area contributed by atoms with Crippen molar-refractivity contribution in [2.24, 2.45) is 0 Å². The van der Waals surface area contributed by atoms with Gasteiger partial charge >= 0.3 is 0 Å². The van der Waals surface area contributed by atoms with E-state index in [1.807, 2.05) is 0 Å². The van der Waals surface area contributed by atoms with E-state index in [-0.39, 0.29) is 40.6 Å². The van der Waals surface area contributed by atoms with Crippen LogP contribution in [0.3, 0.4) is 0 Å². The third-order valence-electron chi connectivity index (χ3n) is 7.02. The van der Waals surface area contributed by atoms with Gasteiger partial charge in [0.05, 0.1) is 23.6 Å². The fourth-order valence-corrected chi connectivity index (χ4v) is 5.67. The van der Waals surface area contributed by atoms with E-state index in [1.165, 1.54) is 48.3 Å². The van der Waals surface area contributed by atoms with Gasteiger partial charge in [0.1, 0.15) is 17.2 Å². The molecule has 214 valence electrons. The summed E-state index contributed by atoms with van der Waals surface area (Å²) in [6.07, 6.45) is 0.718. The van der Waals surface area contributed by atoms with Crippen LogP contribution in [0.25, 0.3) is 33.4 Å². The van der Waals surface area contributed by atoms with Crippen LogP contribution >= 0.6 is 0 Å². The van der Waals surface area contributed by atoms with E-state index in [9.17, 15) is 31.9 Å². The Balaban J connectivity index is 1.76. The maximum Gasteiger partial charge on any atom is 0.255 e. The van der Waals surface area contributed by atoms with E-state index < -0.39 is 34.7 Å². The predicted molar refractivity (Wildman–Crippen MR) is 150 cm³/mol. The normalized spacial score (nSPS) is 15.3. The molecule has 2 heterocycles. The second-order valence-electron chi connectivity index (χ2n) is 9.76. The molecule has 0 saturated carbocycles. The van der Waals surface area contributed by atoms with E-state index in [0.717, 1.165) is 6.26 Å². The van der Waals surface area contributed by atoms with Gasteiger partial charge in [-0.25, -0.2) is 21.5 Å². The molecule has 1 fully saturated rings. The number of rotatable bonds is 7. The van der Waals surface area contributed by atoms with Gasteiger partial charge in [-0.15, -0.1) is 0 Å². The topological polar surface area (TPSA) is 120 Å². The molecule has 41 heavy (non-hydrogen) atoms. The lowest BCUT2D eigenvalue weighted by Crippen LogP contribution is -2.30. The first kappa shape index (κ1) is 28.2. The average Bonchev–Trinajstić information content (AvgIpc) is 3.55. The van der Waals surface area contributed by atoms with Crippen LogP contribution in [0.5, 0.6) is 0 Å². The zero-order chi connectivity index (χ0) is 29.5. The number of benzene rings is 3. The number of likely N-dealkylation sites (tertiary alicyclic amines) is 1. The molecule has 0 bridgehead atoms. The molecule has 1 aliphatic heterocycles. The fourth-order valence-electron chi connectivity index (χ4n) is 4.98. The number of carbonyl (C=O) groups is 2. The molecular formula is C29H27F2N3O6S. The minimum atomic E-state index is -4.10. The third-order valence-corrected chi connectivity index (χ3v) is 8.11. The number of nitrogens with one attached hydrogen (secondary N) is 1. The number of β-amino-alcohol motifs (C(OH)–C–C–N with tert-alkyl or cyclic N) is 1. The van der Waals surface area contributed by atoms with Crippen LogP contribution in [0.15, 0.2) is 65.1 Å². The maximum atomic E-state index is 14.3. The number of alkyl halides is 1. The third kappa shape index (κ3) is 5.40. The van der Waals surface area contributed by atoms with Crippen LogP contribution in [0.1, 0.15) is 27.1 Å². The average molecular weight is 584 g/mol. The summed E-state index contributed by atoms with van der Waals surface area (Å²) in [7, 11) is -2.67. The predicted octanol–water partition coefficient (Wildman–Crippen LogP) is 4.17. The summed E-state index contributed by atoms with van der Waals surface area (Å²) in [5.41, 5.74) is 1.46. The molecule has 0 spiro atoms. The summed E-state index contributed by atoms with van der Waals surface area (Å²) in [6.45, 7) is -0.794. The second kappa shape index (κ2) is 10.9. The van der Waals surface area contributed by atoms with E-state index in [1.54, 1.807) is 24.3 Å². The molecule has 2 amide bonds. The van der Waals surface area contributed by atoms with Crippen molar-refractivity contribution in [3.8, 4) is 22.5 Å². The molecule has 1 aromatic heterocycles. The lowest BCUT2D eigenvalue weighted by Gasteiger charge is -2.22. The Morgan fingerprint density at radius 1 is 1.12 bits per heavy atom. The number of hydrogen-bond acceptors (Lipinski definition) is 6. The van der Waals surface area contributed by atoms with Gasteiger partial charge in [0.2, 0.25) is 10.0 Å². The van der Waals surface area contributed by atoms with Gasteiger partial charge in [0.15, 0.2) is 6.80 Å². The standard InChI is InChI=1S/C29H27F2N3O6S/c1-32-28(36)26-23-13-22(18-4-3-5-19(12-18)29(37)33-11-10-21(35)15-33)24(34(16-30)41(2,38)39)14-25(23)40-27(26)17-6-8-20(31)9-7-17/h3-9,12-14,21,35H,10-11,15-16H2,1-2H3,(H,32,36). The Kier molecular flexibility index (Phi) is 7.54. The highest BCUT2D eigenvalue weighted by Crippen LogP contribution is 2.42. The Hall–Kier alpha value is -4.29. The van der Waals surface area contributed by atoms with Gasteiger partial charge in [-0.3, -0.25) is 9.59 Å². The molecule has 1 atom stereocenters. The van der Waals surface area contributed by atoms with Crippen LogP contribution in [0.4, 0.5) is 14.5 Å². The lowest BCUT2D eigenvalue weighted by molar-refractivity contribution is 0.0764. The zero-order valence-corrected chi connectivity index (χ0v) is 23.0. The van der Waals surface area contributed by atoms with E-state index in [4.69, 9.17) is 4.42 Å². The summed E-state index contributed by atoms with van der Waals surface area (Å²) in [6, 6.07) is 14.6. The molecule has 5 rings (SSSR count). The van der Waals surface area contributed by atoms with Gasteiger partial charge in [0.25, 0.3) is 11.8 Å². The molecular weight excluding hydrogens is 556 g/mol. The fraction of sp³-hybridized carbons (Fsp3) is 0.241. The quantitative estimate of drug-likeness (QED) is 0.315. The SMILES string of the molecule is CNC(=O)c1c(-c2ccc(F)cc2)oc2cc(N(CF)S(C)(=O)=O)c(-c3cccc(C(=O)N4CCC(O)C4)c3)cc12. The molecule has 2 N–H and O–H groups in total. The number of anilines is 1. The number of fused-ring (bicyclic) bond motifs is 1. The minimum absolute atomic E-state index is 0.0634. The van der Waals surface area contributed by atoms with Gasteiger partial charge in [-0.2, -0.15) is 0 Å². The molecule has 3 aromatic carbocycles. The number of sulfonamides is 1. The molecule has 0 aliphatic carbocycles. The molecule has 4 aromatic rings. The van der Waals surface area contributed by atoms with Gasteiger partial charge in [-0.1, -0.05) is 12.1 Å². The lowest BCUT2D eigenvalue weighted by atomic mass is 9.97. The van der Waals surface area contributed by atoms with E-state index in [0.29, 0.717) is 39.3 Å². The van der Waals surface area contributed by atoms with Crippen molar-refractivity contribution >= 4 is 38.5 Å². The number of amides is 2. The summed E-state index contributed by atoms with van der Waals surface area (Å²) in [5, 5.41) is 12.7. The summed E-state index contributed by atoms with van der Waals surface area (Å²) in [4.78, 5) is 27.7. The largest absolute Gasteiger partial charge is 0.455 e. The second-order valence-corrected chi connectivity index (χ2v) is 11.7. The van der Waals surface area contributed by atoms with E-state index in [2.05, 4.69) is 5.32 Å². The van der Waals surface area contributed by atoms with Gasteiger partial charge in [-0.05, 0) is 54.4 Å². The number of carbonyl (C=O) groups excluding carboxylic acids is 2. The van der Waals surface area contributed by atoms with Crippen molar-refractivity contribution < 1.29 is 36.3 Å². The molecule has 1 saturated heterocycles. The first-order valence-electron chi connectivity index (χ1n) is 12.7. The Morgan fingerprint density at radius 3 is 2.46 bits per heavy atom. The Morgan fingerprint density at radius 2 is 1.85 bits per heavy atom. The van der Waals surface area contributed by atoms with Crippen molar-refractivity contribution in [1.82, 2.24) is 10.2 Å². The number of aliphatic hydroxyl groups excluding tert-OH is 1. The summed E-state index contributed by atoms with van der Waals surface area (Å²) in [5.74, 6) is -1.20. The first-order chi connectivity index (χ1) is 19.5. The summed E-state index contributed by atoms with van der Waals surface area (Å²) < 4.78 is 59.7. The number of aliphatic hydroxyl groups is 1. The number of nitrogens with zero attached hydrogens (tertiary/aromatic N) is 2. The molecule has 12 heteroatoms. The molecule has 9 nitrogen and oxygen atoms in total. The minimum Gasteiger partial charge on any atom is -0.455 e. The highest BCUT2D eigenvalue weighted by molar-refractivity contribution is 7.92. The van der Waals surface area contributed by atoms with Crippen molar-refractivity contribution in [3.05, 3.63) is 77.6 Å². The van der Waals surface area contributed by atoms with Crippen LogP contribution < -0.4 is 9.62 Å². The van der Waals surface area contributed by atoms with Crippen LogP contribution in [0, 0.1) is 5.82 Å². The number of hydrogen-bond donors (Lipinski definition) is 2. The number of furan rings is 1. The summed E-state index contributed by atoms with van der Waals surface area (Å²) >= 11 is 0. The molecule has 1 aliphatic rings. The maximum absolute atomic E-state index is 14.3. The van der Waals surface area contributed by atoms with Crippen molar-refractivity contribution in [1.29, 1.82) is 0 Å². The Bertz CT molecular complexity index is 1750. The molecule has 1 unspecified atom stereocenters. The van der Waals surface area contributed by atoms with Crippen LogP contribution in [-0.2, 0) is 10.0 Å². The van der Waals surface area contributed by atoms with Gasteiger partial charge < -0.3 is 19.7 Å².